The van der Waals surface area contributed by atoms with E-state index in [1.807, 2.05) is 36.4 Å². The van der Waals surface area contributed by atoms with Crippen molar-refractivity contribution in [1.82, 2.24) is 10.1 Å². The van der Waals surface area contributed by atoms with E-state index in [0.717, 1.165) is 5.56 Å². The molecule has 1 aromatic heterocycles. The standard InChI is InChI=1S/C16H12N2O2/c19-14-9-5-4-8-13(14)16-17-15(18-20-16)11-10-12-6-2-1-3-7-12/h1-11,19H/b11-10+. The van der Waals surface area contributed by atoms with Gasteiger partial charge in [-0.15, -0.1) is 0 Å². The number of aromatic nitrogens is 2. The maximum absolute atomic E-state index is 9.74. The highest BCUT2D eigenvalue weighted by Gasteiger charge is 2.10. The molecule has 0 aliphatic rings. The van der Waals surface area contributed by atoms with Crippen LogP contribution in [0.1, 0.15) is 11.4 Å². The molecule has 4 nitrogen and oxygen atoms in total. The third kappa shape index (κ3) is 2.59. The molecule has 0 saturated carbocycles. The Bertz CT molecular complexity index is 733. The summed E-state index contributed by atoms with van der Waals surface area (Å²) in [5.74, 6) is 0.887. The number of rotatable bonds is 3. The predicted octanol–water partition coefficient (Wildman–Crippen LogP) is 3.61. The van der Waals surface area contributed by atoms with Gasteiger partial charge in [0.1, 0.15) is 5.75 Å². The van der Waals surface area contributed by atoms with Crippen molar-refractivity contribution in [1.29, 1.82) is 0 Å². The molecule has 3 rings (SSSR count). The van der Waals surface area contributed by atoms with Crippen LogP contribution in [0, 0.1) is 0 Å². The Morgan fingerprint density at radius 1 is 0.900 bits per heavy atom. The second kappa shape index (κ2) is 5.40. The number of benzene rings is 2. The first-order valence-corrected chi connectivity index (χ1v) is 6.18. The molecule has 0 saturated heterocycles. The van der Waals surface area contributed by atoms with Crippen molar-refractivity contribution in [3.8, 4) is 17.2 Å². The molecule has 1 N–H and O–H groups in total. The molecule has 20 heavy (non-hydrogen) atoms. The van der Waals surface area contributed by atoms with Crippen molar-refractivity contribution >= 4 is 12.2 Å². The summed E-state index contributed by atoms with van der Waals surface area (Å²) in [6.45, 7) is 0. The Morgan fingerprint density at radius 3 is 2.45 bits per heavy atom. The van der Waals surface area contributed by atoms with Gasteiger partial charge in [0.15, 0.2) is 5.82 Å². The molecule has 0 aliphatic heterocycles. The van der Waals surface area contributed by atoms with E-state index in [1.165, 1.54) is 0 Å². The van der Waals surface area contributed by atoms with Gasteiger partial charge in [0.25, 0.3) is 5.89 Å². The largest absolute Gasteiger partial charge is 0.507 e. The van der Waals surface area contributed by atoms with E-state index in [0.29, 0.717) is 17.3 Å². The molecule has 0 bridgehead atoms. The van der Waals surface area contributed by atoms with E-state index in [-0.39, 0.29) is 5.75 Å². The molecule has 0 fully saturated rings. The van der Waals surface area contributed by atoms with Crippen molar-refractivity contribution in [2.75, 3.05) is 0 Å². The molecule has 3 aromatic rings. The predicted molar refractivity (Wildman–Crippen MR) is 76.8 cm³/mol. The lowest BCUT2D eigenvalue weighted by atomic mass is 10.2. The SMILES string of the molecule is Oc1ccccc1-c1nc(/C=C/c2ccccc2)no1. The Kier molecular flexibility index (Phi) is 3.29. The van der Waals surface area contributed by atoms with Gasteiger partial charge < -0.3 is 9.63 Å². The van der Waals surface area contributed by atoms with Crippen molar-refractivity contribution in [3.05, 3.63) is 66.0 Å². The van der Waals surface area contributed by atoms with E-state index in [1.54, 1.807) is 30.3 Å². The summed E-state index contributed by atoms with van der Waals surface area (Å²) in [5.41, 5.74) is 1.58. The number of hydrogen-bond donors (Lipinski definition) is 1. The molecule has 4 heteroatoms. The van der Waals surface area contributed by atoms with Crippen LogP contribution in [0.5, 0.6) is 5.75 Å². The van der Waals surface area contributed by atoms with Gasteiger partial charge in [0, 0.05) is 0 Å². The van der Waals surface area contributed by atoms with Crippen LogP contribution < -0.4 is 0 Å². The number of aromatic hydroxyl groups is 1. The lowest BCUT2D eigenvalue weighted by Crippen LogP contribution is -1.79. The molecule has 98 valence electrons. The van der Waals surface area contributed by atoms with Crippen LogP contribution in [0.25, 0.3) is 23.6 Å². The van der Waals surface area contributed by atoms with Crippen LogP contribution in [0.15, 0.2) is 59.1 Å². The molecule has 1 heterocycles. The molecule has 0 aliphatic carbocycles. The minimum absolute atomic E-state index is 0.120. The van der Waals surface area contributed by atoms with Gasteiger partial charge in [-0.2, -0.15) is 4.98 Å². The zero-order valence-corrected chi connectivity index (χ0v) is 10.6. The van der Waals surface area contributed by atoms with Crippen LogP contribution in [0.4, 0.5) is 0 Å². The second-order valence-electron chi connectivity index (χ2n) is 4.22. The number of hydrogen-bond acceptors (Lipinski definition) is 4. The van der Waals surface area contributed by atoms with Crippen LogP contribution >= 0.6 is 0 Å². The Hall–Kier alpha value is -2.88. The minimum atomic E-state index is 0.120. The topological polar surface area (TPSA) is 59.2 Å². The Morgan fingerprint density at radius 2 is 1.65 bits per heavy atom. The van der Waals surface area contributed by atoms with Crippen LogP contribution in [0.2, 0.25) is 0 Å². The van der Waals surface area contributed by atoms with Crippen molar-refractivity contribution in [3.63, 3.8) is 0 Å². The number of para-hydroxylation sites is 1. The van der Waals surface area contributed by atoms with E-state index in [2.05, 4.69) is 10.1 Å². The number of phenols is 1. The summed E-state index contributed by atoms with van der Waals surface area (Å²) in [6.07, 6.45) is 3.67. The molecule has 0 radical (unpaired) electrons. The Labute approximate surface area is 116 Å². The van der Waals surface area contributed by atoms with Crippen molar-refractivity contribution in [2.24, 2.45) is 0 Å². The van der Waals surface area contributed by atoms with Crippen molar-refractivity contribution in [2.45, 2.75) is 0 Å². The third-order valence-electron chi connectivity index (χ3n) is 2.80. The summed E-state index contributed by atoms with van der Waals surface area (Å²) in [6, 6.07) is 16.7. The molecule has 0 spiro atoms. The average Bonchev–Trinajstić information content (AvgIpc) is 2.95. The summed E-state index contributed by atoms with van der Waals surface area (Å²) in [4.78, 5) is 4.23. The highest BCUT2D eigenvalue weighted by Crippen LogP contribution is 2.27. The zero-order chi connectivity index (χ0) is 13.8. The number of nitrogens with zero attached hydrogens (tertiary/aromatic N) is 2. The average molecular weight is 264 g/mol. The van der Waals surface area contributed by atoms with Gasteiger partial charge in [0.05, 0.1) is 5.56 Å². The molecule has 0 unspecified atom stereocenters. The zero-order valence-electron chi connectivity index (χ0n) is 10.6. The fourth-order valence-corrected chi connectivity index (χ4v) is 1.80. The van der Waals surface area contributed by atoms with E-state index >= 15 is 0 Å². The summed E-state index contributed by atoms with van der Waals surface area (Å²) < 4.78 is 5.15. The smallest absolute Gasteiger partial charge is 0.261 e. The van der Waals surface area contributed by atoms with E-state index < -0.39 is 0 Å². The first-order chi connectivity index (χ1) is 9.83. The molecule has 0 atom stereocenters. The lowest BCUT2D eigenvalue weighted by molar-refractivity contribution is 0.423. The van der Waals surface area contributed by atoms with Gasteiger partial charge >= 0.3 is 0 Å². The van der Waals surface area contributed by atoms with Crippen molar-refractivity contribution < 1.29 is 9.63 Å². The van der Waals surface area contributed by atoms with E-state index in [4.69, 9.17) is 4.52 Å². The monoisotopic (exact) mass is 264 g/mol. The van der Waals surface area contributed by atoms with Gasteiger partial charge in [-0.05, 0) is 23.8 Å². The quantitative estimate of drug-likeness (QED) is 0.785. The van der Waals surface area contributed by atoms with Crippen LogP contribution in [-0.4, -0.2) is 15.2 Å². The maximum atomic E-state index is 9.74. The Balaban J connectivity index is 1.85. The highest BCUT2D eigenvalue weighted by molar-refractivity contribution is 5.68. The molecule has 0 amide bonds. The fourth-order valence-electron chi connectivity index (χ4n) is 1.80. The van der Waals surface area contributed by atoms with Gasteiger partial charge in [0.2, 0.25) is 0 Å². The fraction of sp³-hybridized carbons (Fsp3) is 0. The minimum Gasteiger partial charge on any atom is -0.507 e. The molecule has 2 aromatic carbocycles. The lowest BCUT2D eigenvalue weighted by Gasteiger charge is -1.96. The second-order valence-corrected chi connectivity index (χ2v) is 4.22. The highest BCUT2D eigenvalue weighted by atomic mass is 16.5. The third-order valence-corrected chi connectivity index (χ3v) is 2.80. The normalized spacial score (nSPS) is 11.0. The first kappa shape index (κ1) is 12.2. The van der Waals surface area contributed by atoms with E-state index in [9.17, 15) is 5.11 Å². The van der Waals surface area contributed by atoms with Gasteiger partial charge in [-0.1, -0.05) is 53.7 Å². The van der Waals surface area contributed by atoms with Gasteiger partial charge in [-0.25, -0.2) is 0 Å². The summed E-state index contributed by atoms with van der Waals surface area (Å²) in [5, 5.41) is 13.6. The van der Waals surface area contributed by atoms with Gasteiger partial charge in [-0.3, -0.25) is 0 Å². The van der Waals surface area contributed by atoms with Crippen LogP contribution in [-0.2, 0) is 0 Å². The first-order valence-electron chi connectivity index (χ1n) is 6.18. The number of phenolic OH excluding ortho intramolecular Hbond substituents is 1. The summed E-state index contributed by atoms with van der Waals surface area (Å²) >= 11 is 0. The van der Waals surface area contributed by atoms with Crippen LogP contribution in [0.3, 0.4) is 0 Å². The maximum Gasteiger partial charge on any atom is 0.261 e. The summed E-state index contributed by atoms with van der Waals surface area (Å²) in [7, 11) is 0. The molecular formula is C16H12N2O2. The molecular weight excluding hydrogens is 252 g/mol.